The summed E-state index contributed by atoms with van der Waals surface area (Å²) in [5.41, 5.74) is 9.26. The standard InChI is InChI=1S/C35H36N4O4/c1-2-3-4-10-21-38-33(40)26-17-20-29(31(22-26)35(42)43-23-24-11-6-5-7-12-24)28-13-8-9-14-30(28)34(41)39-27-18-15-25(16-19-27)32(36)37/h5-9,11-20,22H,2-4,10,21,23H2,1H3,(H3,36,37)(H,38,40)(H,39,41). The van der Waals surface area contributed by atoms with Crippen molar-refractivity contribution in [2.75, 3.05) is 11.9 Å². The number of carbonyl (C=O) groups is 3. The third-order valence-corrected chi connectivity index (χ3v) is 6.95. The molecule has 43 heavy (non-hydrogen) atoms. The first-order chi connectivity index (χ1) is 20.9. The number of unbranched alkanes of at least 4 members (excludes halogenated alkanes) is 3. The molecule has 0 spiro atoms. The number of amides is 2. The lowest BCUT2D eigenvalue weighted by Crippen LogP contribution is -2.25. The van der Waals surface area contributed by atoms with Crippen LogP contribution in [0.1, 0.15) is 74.8 Å². The summed E-state index contributed by atoms with van der Waals surface area (Å²) in [4.78, 5) is 39.9. The van der Waals surface area contributed by atoms with Crippen molar-refractivity contribution in [3.8, 4) is 11.1 Å². The van der Waals surface area contributed by atoms with Gasteiger partial charge in [-0.2, -0.15) is 0 Å². The summed E-state index contributed by atoms with van der Waals surface area (Å²) < 4.78 is 5.66. The van der Waals surface area contributed by atoms with E-state index in [2.05, 4.69) is 17.6 Å². The van der Waals surface area contributed by atoms with Crippen molar-refractivity contribution < 1.29 is 19.1 Å². The average molecular weight is 577 g/mol. The zero-order valence-electron chi connectivity index (χ0n) is 24.2. The van der Waals surface area contributed by atoms with Gasteiger partial charge in [-0.1, -0.05) is 80.8 Å². The number of amidine groups is 1. The smallest absolute Gasteiger partial charge is 0.339 e. The van der Waals surface area contributed by atoms with Gasteiger partial charge in [0.05, 0.1) is 5.56 Å². The largest absolute Gasteiger partial charge is 0.457 e. The highest BCUT2D eigenvalue weighted by Gasteiger charge is 2.21. The van der Waals surface area contributed by atoms with Crippen LogP contribution in [-0.2, 0) is 11.3 Å². The van der Waals surface area contributed by atoms with Crippen LogP contribution in [0.3, 0.4) is 0 Å². The lowest BCUT2D eigenvalue weighted by Gasteiger charge is -2.15. The Morgan fingerprint density at radius 3 is 2.14 bits per heavy atom. The fraction of sp³-hybridized carbons (Fsp3) is 0.200. The van der Waals surface area contributed by atoms with Crippen LogP contribution in [0.25, 0.3) is 11.1 Å². The van der Waals surface area contributed by atoms with Gasteiger partial charge in [0.15, 0.2) is 0 Å². The van der Waals surface area contributed by atoms with Crippen LogP contribution in [0.15, 0.2) is 97.1 Å². The summed E-state index contributed by atoms with van der Waals surface area (Å²) in [6, 6.07) is 27.8. The molecule has 0 fully saturated rings. The Morgan fingerprint density at radius 2 is 1.42 bits per heavy atom. The molecular weight excluding hydrogens is 540 g/mol. The van der Waals surface area contributed by atoms with Gasteiger partial charge in [-0.25, -0.2) is 4.79 Å². The Balaban J connectivity index is 1.64. The molecule has 0 aromatic heterocycles. The van der Waals surface area contributed by atoms with Crippen LogP contribution >= 0.6 is 0 Å². The van der Waals surface area contributed by atoms with Crippen LogP contribution < -0.4 is 16.4 Å². The molecule has 0 radical (unpaired) electrons. The van der Waals surface area contributed by atoms with Gasteiger partial charge < -0.3 is 21.1 Å². The zero-order chi connectivity index (χ0) is 30.6. The van der Waals surface area contributed by atoms with E-state index >= 15 is 0 Å². The molecule has 0 saturated heterocycles. The predicted molar refractivity (Wildman–Crippen MR) is 169 cm³/mol. The fourth-order valence-corrected chi connectivity index (χ4v) is 4.59. The Bertz CT molecular complexity index is 1580. The minimum Gasteiger partial charge on any atom is -0.457 e. The maximum Gasteiger partial charge on any atom is 0.339 e. The summed E-state index contributed by atoms with van der Waals surface area (Å²) in [5.74, 6) is -1.33. The second-order valence-corrected chi connectivity index (χ2v) is 10.1. The molecule has 0 aliphatic rings. The van der Waals surface area contributed by atoms with Crippen molar-refractivity contribution in [1.82, 2.24) is 5.32 Å². The number of nitrogens with one attached hydrogen (secondary N) is 3. The first-order valence-corrected chi connectivity index (χ1v) is 14.4. The van der Waals surface area contributed by atoms with Gasteiger partial charge in [-0.05, 0) is 65.6 Å². The topological polar surface area (TPSA) is 134 Å². The van der Waals surface area contributed by atoms with E-state index in [4.69, 9.17) is 15.9 Å². The first kappa shape index (κ1) is 30.7. The Hall–Kier alpha value is -5.24. The molecule has 4 aromatic rings. The molecule has 0 heterocycles. The molecule has 0 saturated carbocycles. The van der Waals surface area contributed by atoms with E-state index in [0.717, 1.165) is 31.2 Å². The van der Waals surface area contributed by atoms with Crippen molar-refractivity contribution in [2.45, 2.75) is 39.2 Å². The highest BCUT2D eigenvalue weighted by molar-refractivity contribution is 6.11. The van der Waals surface area contributed by atoms with Crippen molar-refractivity contribution in [3.63, 3.8) is 0 Å². The van der Waals surface area contributed by atoms with Crippen molar-refractivity contribution >= 4 is 29.3 Å². The van der Waals surface area contributed by atoms with E-state index in [1.807, 2.05) is 30.3 Å². The number of benzene rings is 4. The molecule has 5 N–H and O–H groups in total. The van der Waals surface area contributed by atoms with E-state index in [-0.39, 0.29) is 29.8 Å². The van der Waals surface area contributed by atoms with Crippen LogP contribution in [0.2, 0.25) is 0 Å². The monoisotopic (exact) mass is 576 g/mol. The third-order valence-electron chi connectivity index (χ3n) is 6.95. The van der Waals surface area contributed by atoms with E-state index in [1.54, 1.807) is 60.7 Å². The summed E-state index contributed by atoms with van der Waals surface area (Å²) in [5, 5.41) is 13.4. The fourth-order valence-electron chi connectivity index (χ4n) is 4.59. The van der Waals surface area contributed by atoms with E-state index < -0.39 is 5.97 Å². The molecule has 0 bridgehead atoms. The Labute approximate surface area is 251 Å². The van der Waals surface area contributed by atoms with Crippen molar-refractivity contribution in [2.24, 2.45) is 5.73 Å². The number of carbonyl (C=O) groups excluding carboxylic acids is 3. The van der Waals surface area contributed by atoms with Crippen LogP contribution in [-0.4, -0.2) is 30.2 Å². The van der Waals surface area contributed by atoms with Crippen LogP contribution in [0.5, 0.6) is 0 Å². The number of hydrogen-bond donors (Lipinski definition) is 4. The lowest BCUT2D eigenvalue weighted by atomic mass is 9.93. The minimum atomic E-state index is -0.605. The Morgan fingerprint density at radius 1 is 0.744 bits per heavy atom. The molecule has 2 amide bonds. The quantitative estimate of drug-likeness (QED) is 0.0619. The van der Waals surface area contributed by atoms with E-state index in [9.17, 15) is 14.4 Å². The molecule has 4 rings (SSSR count). The van der Waals surface area contributed by atoms with Gasteiger partial charge in [-0.3, -0.25) is 15.0 Å². The molecule has 4 aromatic carbocycles. The lowest BCUT2D eigenvalue weighted by molar-refractivity contribution is 0.0473. The SMILES string of the molecule is CCCCCCNC(=O)c1ccc(-c2ccccc2C(=O)Nc2ccc(C(=N)N)cc2)c(C(=O)OCc2ccccc2)c1. The van der Waals surface area contributed by atoms with Gasteiger partial charge in [0.1, 0.15) is 12.4 Å². The molecule has 0 atom stereocenters. The van der Waals surface area contributed by atoms with Gasteiger partial charge in [-0.15, -0.1) is 0 Å². The minimum absolute atomic E-state index is 0.0609. The summed E-state index contributed by atoms with van der Waals surface area (Å²) in [7, 11) is 0. The second-order valence-electron chi connectivity index (χ2n) is 10.1. The number of nitrogens with two attached hydrogens (primary N) is 1. The molecule has 8 nitrogen and oxygen atoms in total. The van der Waals surface area contributed by atoms with Gasteiger partial charge in [0, 0.05) is 28.9 Å². The number of ether oxygens (including phenoxy) is 1. The number of hydrogen-bond acceptors (Lipinski definition) is 5. The highest BCUT2D eigenvalue weighted by atomic mass is 16.5. The van der Waals surface area contributed by atoms with Gasteiger partial charge in [0.2, 0.25) is 0 Å². The third kappa shape index (κ3) is 8.39. The molecule has 220 valence electrons. The van der Waals surface area contributed by atoms with Crippen molar-refractivity contribution in [1.29, 1.82) is 5.41 Å². The average Bonchev–Trinajstić information content (AvgIpc) is 3.04. The molecule has 0 aliphatic heterocycles. The maximum atomic E-state index is 13.5. The number of esters is 1. The zero-order valence-corrected chi connectivity index (χ0v) is 24.2. The van der Waals surface area contributed by atoms with Crippen LogP contribution in [0, 0.1) is 5.41 Å². The summed E-state index contributed by atoms with van der Waals surface area (Å²) in [6.07, 6.45) is 4.13. The second kappa shape index (κ2) is 15.1. The molecular formula is C35H36N4O4. The Kier molecular flexibility index (Phi) is 10.8. The molecule has 8 heteroatoms. The van der Waals surface area contributed by atoms with Crippen molar-refractivity contribution in [3.05, 3.63) is 125 Å². The number of rotatable bonds is 13. The normalized spacial score (nSPS) is 10.5. The van der Waals surface area contributed by atoms with Crippen LogP contribution in [0.4, 0.5) is 5.69 Å². The predicted octanol–water partition coefficient (Wildman–Crippen LogP) is 6.56. The summed E-state index contributed by atoms with van der Waals surface area (Å²) >= 11 is 0. The van der Waals surface area contributed by atoms with E-state index in [0.29, 0.717) is 40.0 Å². The number of nitrogen functional groups attached to an aromatic ring is 1. The number of anilines is 1. The first-order valence-electron chi connectivity index (χ1n) is 14.4. The van der Waals surface area contributed by atoms with Gasteiger partial charge >= 0.3 is 5.97 Å². The molecule has 0 unspecified atom stereocenters. The maximum absolute atomic E-state index is 13.5. The van der Waals surface area contributed by atoms with Gasteiger partial charge in [0.25, 0.3) is 11.8 Å². The summed E-state index contributed by atoms with van der Waals surface area (Å²) in [6.45, 7) is 2.74. The highest BCUT2D eigenvalue weighted by Crippen LogP contribution is 2.30. The van der Waals surface area contributed by atoms with E-state index in [1.165, 1.54) is 6.07 Å². The molecule has 0 aliphatic carbocycles.